The van der Waals surface area contributed by atoms with Crippen LogP contribution in [-0.4, -0.2) is 12.3 Å². The maximum Gasteiger partial charge on any atom is 0.148 e. The fraction of sp³-hybridized carbons (Fsp3) is 0.300. The first-order valence-corrected chi connectivity index (χ1v) is 5.05. The molecule has 3 heteroatoms. The molecule has 1 fully saturated rings. The number of hydrogen-bond donors (Lipinski definition) is 1. The average molecular weight is 240 g/mol. The second-order valence-corrected chi connectivity index (χ2v) is 4.15. The zero-order chi connectivity index (χ0) is 9.26. The Labute approximate surface area is 85.5 Å². The number of benzene rings is 1. The summed E-state index contributed by atoms with van der Waals surface area (Å²) in [5.41, 5.74) is 1.18. The van der Waals surface area contributed by atoms with Crippen LogP contribution in [-0.2, 0) is 4.79 Å². The molecule has 0 radical (unpaired) electrons. The Morgan fingerprint density at radius 2 is 2.31 bits per heavy atom. The van der Waals surface area contributed by atoms with Crippen LogP contribution in [0.3, 0.4) is 0 Å². The van der Waals surface area contributed by atoms with Crippen molar-refractivity contribution < 1.29 is 4.79 Å². The maximum atomic E-state index is 11.0. The highest BCUT2D eigenvalue weighted by Crippen LogP contribution is 2.23. The molecule has 0 spiro atoms. The molecule has 2 rings (SSSR count). The third kappa shape index (κ3) is 1.98. The second kappa shape index (κ2) is 3.60. The molecule has 1 aromatic carbocycles. The first kappa shape index (κ1) is 8.91. The molecule has 68 valence electrons. The van der Waals surface area contributed by atoms with Crippen molar-refractivity contribution in [3.63, 3.8) is 0 Å². The molecule has 2 nitrogen and oxygen atoms in total. The molecule has 1 atom stereocenters. The van der Waals surface area contributed by atoms with E-state index in [1.54, 1.807) is 0 Å². The fourth-order valence-corrected chi connectivity index (χ4v) is 1.99. The molecule has 13 heavy (non-hydrogen) atoms. The lowest BCUT2D eigenvalue weighted by Crippen LogP contribution is -2.13. The quantitative estimate of drug-likeness (QED) is 0.813. The van der Waals surface area contributed by atoms with Gasteiger partial charge >= 0.3 is 0 Å². The SMILES string of the molecule is O=C1CNC(c2cccc(Br)c2)C1. The van der Waals surface area contributed by atoms with Gasteiger partial charge in [-0.25, -0.2) is 0 Å². The van der Waals surface area contributed by atoms with Gasteiger partial charge in [0.1, 0.15) is 5.78 Å². The Kier molecular flexibility index (Phi) is 2.47. The molecule has 0 aromatic heterocycles. The normalized spacial score (nSPS) is 22.2. The summed E-state index contributed by atoms with van der Waals surface area (Å²) in [7, 11) is 0. The summed E-state index contributed by atoms with van der Waals surface area (Å²) < 4.78 is 1.06. The summed E-state index contributed by atoms with van der Waals surface area (Å²) >= 11 is 3.41. The smallest absolute Gasteiger partial charge is 0.148 e. The standard InChI is InChI=1S/C10H10BrNO/c11-8-3-1-2-7(4-8)10-5-9(13)6-12-10/h1-4,10,12H,5-6H2. The largest absolute Gasteiger partial charge is 0.303 e. The first-order valence-electron chi connectivity index (χ1n) is 4.26. The molecule has 0 saturated carbocycles. The Balaban J connectivity index is 2.21. The average Bonchev–Trinajstić information content (AvgIpc) is 2.52. The van der Waals surface area contributed by atoms with Gasteiger partial charge in [-0.1, -0.05) is 28.1 Å². The number of rotatable bonds is 1. The van der Waals surface area contributed by atoms with E-state index in [0.717, 1.165) is 4.47 Å². The molecule has 1 heterocycles. The predicted octanol–water partition coefficient (Wildman–Crippen LogP) is 2.05. The maximum absolute atomic E-state index is 11.0. The molecule has 1 unspecified atom stereocenters. The van der Waals surface area contributed by atoms with Crippen molar-refractivity contribution in [1.29, 1.82) is 0 Å². The minimum Gasteiger partial charge on any atom is -0.303 e. The van der Waals surface area contributed by atoms with Crippen LogP contribution in [0.2, 0.25) is 0 Å². The Morgan fingerprint density at radius 3 is 2.92 bits per heavy atom. The molecule has 1 saturated heterocycles. The highest BCUT2D eigenvalue weighted by atomic mass is 79.9. The minimum absolute atomic E-state index is 0.213. The molecule has 0 amide bonds. The third-order valence-electron chi connectivity index (χ3n) is 2.23. The molecule has 0 aliphatic carbocycles. The van der Waals surface area contributed by atoms with E-state index in [0.29, 0.717) is 18.7 Å². The van der Waals surface area contributed by atoms with Crippen molar-refractivity contribution in [2.24, 2.45) is 0 Å². The zero-order valence-electron chi connectivity index (χ0n) is 7.09. The summed E-state index contributed by atoms with van der Waals surface area (Å²) in [5, 5.41) is 3.18. The van der Waals surface area contributed by atoms with Gasteiger partial charge in [0.15, 0.2) is 0 Å². The lowest BCUT2D eigenvalue weighted by Gasteiger charge is -2.09. The Bertz CT molecular complexity index is 337. The molecule has 1 aliphatic heterocycles. The number of carbonyl (C=O) groups is 1. The topological polar surface area (TPSA) is 29.1 Å². The highest BCUT2D eigenvalue weighted by Gasteiger charge is 2.22. The van der Waals surface area contributed by atoms with E-state index in [9.17, 15) is 4.79 Å². The zero-order valence-corrected chi connectivity index (χ0v) is 8.67. The summed E-state index contributed by atoms with van der Waals surface area (Å²) in [4.78, 5) is 11.0. The van der Waals surface area contributed by atoms with Crippen LogP contribution in [0.5, 0.6) is 0 Å². The summed E-state index contributed by atoms with van der Waals surface area (Å²) in [6.07, 6.45) is 0.621. The van der Waals surface area contributed by atoms with Gasteiger partial charge in [0.05, 0.1) is 6.54 Å². The van der Waals surface area contributed by atoms with Crippen molar-refractivity contribution in [3.05, 3.63) is 34.3 Å². The van der Waals surface area contributed by atoms with Crippen molar-refractivity contribution in [2.45, 2.75) is 12.5 Å². The number of carbonyl (C=O) groups excluding carboxylic acids is 1. The molecule has 1 aliphatic rings. The lowest BCUT2D eigenvalue weighted by molar-refractivity contribution is -0.116. The van der Waals surface area contributed by atoms with Gasteiger partial charge < -0.3 is 5.32 Å². The van der Waals surface area contributed by atoms with Crippen molar-refractivity contribution in [3.8, 4) is 0 Å². The number of nitrogens with one attached hydrogen (secondary N) is 1. The number of halogens is 1. The van der Waals surface area contributed by atoms with E-state index >= 15 is 0 Å². The van der Waals surface area contributed by atoms with Gasteiger partial charge in [-0.05, 0) is 17.7 Å². The van der Waals surface area contributed by atoms with Gasteiger partial charge in [-0.3, -0.25) is 4.79 Å². The Hall–Kier alpha value is -0.670. The first-order chi connectivity index (χ1) is 6.25. The fourth-order valence-electron chi connectivity index (χ4n) is 1.57. The molecular formula is C10H10BrNO. The van der Waals surface area contributed by atoms with Crippen LogP contribution in [0.25, 0.3) is 0 Å². The van der Waals surface area contributed by atoms with Gasteiger partial charge in [0.25, 0.3) is 0 Å². The monoisotopic (exact) mass is 239 g/mol. The minimum atomic E-state index is 0.213. The van der Waals surface area contributed by atoms with E-state index in [1.807, 2.05) is 18.2 Å². The van der Waals surface area contributed by atoms with E-state index in [-0.39, 0.29) is 6.04 Å². The Morgan fingerprint density at radius 1 is 1.46 bits per heavy atom. The molecule has 0 bridgehead atoms. The van der Waals surface area contributed by atoms with Crippen LogP contribution >= 0.6 is 15.9 Å². The number of ketones is 1. The van der Waals surface area contributed by atoms with Crippen LogP contribution in [0.15, 0.2) is 28.7 Å². The van der Waals surface area contributed by atoms with Crippen molar-refractivity contribution >= 4 is 21.7 Å². The highest BCUT2D eigenvalue weighted by molar-refractivity contribution is 9.10. The summed E-state index contributed by atoms with van der Waals surface area (Å²) in [6.45, 7) is 0.511. The molecular weight excluding hydrogens is 230 g/mol. The van der Waals surface area contributed by atoms with Gasteiger partial charge in [0, 0.05) is 16.9 Å². The van der Waals surface area contributed by atoms with Crippen LogP contribution in [0.1, 0.15) is 18.0 Å². The second-order valence-electron chi connectivity index (χ2n) is 3.23. The van der Waals surface area contributed by atoms with Crippen molar-refractivity contribution in [1.82, 2.24) is 5.32 Å². The van der Waals surface area contributed by atoms with Crippen LogP contribution in [0.4, 0.5) is 0 Å². The predicted molar refractivity (Wildman–Crippen MR) is 54.5 cm³/mol. The van der Waals surface area contributed by atoms with E-state index in [2.05, 4.69) is 27.3 Å². The van der Waals surface area contributed by atoms with E-state index in [4.69, 9.17) is 0 Å². The van der Waals surface area contributed by atoms with Crippen LogP contribution < -0.4 is 5.32 Å². The van der Waals surface area contributed by atoms with E-state index in [1.165, 1.54) is 5.56 Å². The van der Waals surface area contributed by atoms with Crippen LogP contribution in [0, 0.1) is 0 Å². The van der Waals surface area contributed by atoms with E-state index < -0.39 is 0 Å². The number of hydrogen-bond acceptors (Lipinski definition) is 2. The van der Waals surface area contributed by atoms with Gasteiger partial charge in [-0.2, -0.15) is 0 Å². The third-order valence-corrected chi connectivity index (χ3v) is 2.72. The molecule has 1 N–H and O–H groups in total. The van der Waals surface area contributed by atoms with Gasteiger partial charge in [0.2, 0.25) is 0 Å². The summed E-state index contributed by atoms with van der Waals surface area (Å²) in [6, 6.07) is 8.28. The number of Topliss-reactive ketones (excluding diaryl/α,β-unsaturated/α-hetero) is 1. The lowest BCUT2D eigenvalue weighted by atomic mass is 10.1. The van der Waals surface area contributed by atoms with Gasteiger partial charge in [-0.15, -0.1) is 0 Å². The van der Waals surface area contributed by atoms with Crippen molar-refractivity contribution in [2.75, 3.05) is 6.54 Å². The summed E-state index contributed by atoms with van der Waals surface area (Å²) in [5.74, 6) is 0.296. The molecule has 1 aromatic rings.